The van der Waals surface area contributed by atoms with Gasteiger partial charge >= 0.3 is 6.09 Å². The van der Waals surface area contributed by atoms with Gasteiger partial charge in [-0.15, -0.1) is 0 Å². The summed E-state index contributed by atoms with van der Waals surface area (Å²) in [6.45, 7) is 5.96. The number of rotatable bonds is 4. The zero-order valence-electron chi connectivity index (χ0n) is 17.4. The number of pyridine rings is 1. The van der Waals surface area contributed by atoms with Crippen LogP contribution in [0.2, 0.25) is 0 Å². The Balaban J connectivity index is 1.85. The van der Waals surface area contributed by atoms with Crippen molar-refractivity contribution in [2.24, 2.45) is 0 Å². The molecule has 1 aliphatic heterocycles. The van der Waals surface area contributed by atoms with Crippen LogP contribution in [0.1, 0.15) is 32.8 Å². The number of hydrogen-bond donors (Lipinski definition) is 3. The van der Waals surface area contributed by atoms with E-state index in [0.29, 0.717) is 29.8 Å². The molecule has 0 bridgehead atoms. The molecular weight excluding hydrogens is 382 g/mol. The Morgan fingerprint density at radius 3 is 2.87 bits per heavy atom. The number of nitrogens with two attached hydrogens (primary N) is 1. The van der Waals surface area contributed by atoms with Gasteiger partial charge in [-0.05, 0) is 44.5 Å². The van der Waals surface area contributed by atoms with Crippen molar-refractivity contribution in [2.75, 3.05) is 23.8 Å². The highest BCUT2D eigenvalue weighted by Crippen LogP contribution is 2.35. The lowest BCUT2D eigenvalue weighted by molar-refractivity contribution is 0.0980. The zero-order chi connectivity index (χ0) is 21.9. The lowest BCUT2D eigenvalue weighted by Crippen LogP contribution is -2.42. The number of aliphatic hydroxyl groups is 1. The Kier molecular flexibility index (Phi) is 6.13. The Bertz CT molecular complexity index is 964. The number of hydrogen-bond acceptors (Lipinski definition) is 7. The summed E-state index contributed by atoms with van der Waals surface area (Å²) in [5, 5.41) is 22.1. The van der Waals surface area contributed by atoms with Crippen LogP contribution in [-0.2, 0) is 4.74 Å². The second kappa shape index (κ2) is 8.59. The van der Waals surface area contributed by atoms with E-state index in [-0.39, 0.29) is 18.8 Å². The normalized spacial score (nSPS) is 18.7. The van der Waals surface area contributed by atoms with E-state index in [9.17, 15) is 15.2 Å². The predicted molar refractivity (Wildman–Crippen MR) is 115 cm³/mol. The van der Waals surface area contributed by atoms with Crippen LogP contribution in [0.3, 0.4) is 0 Å². The van der Waals surface area contributed by atoms with Crippen LogP contribution in [0.4, 0.5) is 16.2 Å². The van der Waals surface area contributed by atoms with Gasteiger partial charge in [-0.25, -0.2) is 4.79 Å². The summed E-state index contributed by atoms with van der Waals surface area (Å²) in [7, 11) is 0. The summed E-state index contributed by atoms with van der Waals surface area (Å²) in [5.74, 6) is 0. The molecule has 0 spiro atoms. The Morgan fingerprint density at radius 1 is 1.43 bits per heavy atom. The number of aliphatic hydroxyl groups excluding tert-OH is 1. The topological polar surface area (TPSA) is 124 Å². The van der Waals surface area contributed by atoms with Gasteiger partial charge in [-0.1, -0.05) is 6.07 Å². The van der Waals surface area contributed by atoms with Crippen LogP contribution in [0.25, 0.3) is 11.1 Å². The molecule has 1 amide bonds. The van der Waals surface area contributed by atoms with E-state index in [1.165, 1.54) is 0 Å². The van der Waals surface area contributed by atoms with E-state index in [0.717, 1.165) is 11.3 Å². The van der Waals surface area contributed by atoms with E-state index < -0.39 is 11.6 Å². The lowest BCUT2D eigenvalue weighted by Gasteiger charge is -2.27. The van der Waals surface area contributed by atoms with Crippen molar-refractivity contribution in [1.29, 1.82) is 5.26 Å². The fourth-order valence-electron chi connectivity index (χ4n) is 3.60. The van der Waals surface area contributed by atoms with Gasteiger partial charge in [0, 0.05) is 29.9 Å². The number of nitrogens with zero attached hydrogens (tertiary/aromatic N) is 3. The number of carbonyl (C=O) groups is 1. The number of carbonyl (C=O) groups excluding carboxylic acids is 1. The SMILES string of the molecule is CC(C)(C)NC(=O)O[C@H]1C[C@@H](CO)N(c2cc(-c3cnccc3C#N)ccc2N)C1. The van der Waals surface area contributed by atoms with E-state index in [4.69, 9.17) is 10.5 Å². The minimum atomic E-state index is -0.484. The number of nitrogen functional groups attached to an aromatic ring is 1. The van der Waals surface area contributed by atoms with Gasteiger partial charge < -0.3 is 25.8 Å². The molecule has 2 aromatic rings. The predicted octanol–water partition coefficient (Wildman–Crippen LogP) is 2.67. The highest BCUT2D eigenvalue weighted by atomic mass is 16.6. The number of aromatic nitrogens is 1. The lowest BCUT2D eigenvalue weighted by atomic mass is 10.0. The van der Waals surface area contributed by atoms with Gasteiger partial charge in [0.25, 0.3) is 0 Å². The van der Waals surface area contributed by atoms with Crippen LogP contribution in [0.5, 0.6) is 0 Å². The van der Waals surface area contributed by atoms with Gasteiger partial charge in [-0.3, -0.25) is 4.98 Å². The number of nitrogens with one attached hydrogen (secondary N) is 1. The highest BCUT2D eigenvalue weighted by molar-refractivity contribution is 5.79. The number of anilines is 2. The molecule has 0 aliphatic carbocycles. The van der Waals surface area contributed by atoms with E-state index >= 15 is 0 Å². The molecule has 1 aromatic heterocycles. The maximum absolute atomic E-state index is 12.2. The number of alkyl carbamates (subject to hydrolysis) is 1. The number of nitriles is 1. The molecule has 8 heteroatoms. The van der Waals surface area contributed by atoms with Gasteiger partial charge in [0.1, 0.15) is 6.10 Å². The quantitative estimate of drug-likeness (QED) is 0.663. The molecule has 1 saturated heterocycles. The summed E-state index contributed by atoms with van der Waals surface area (Å²) in [6, 6.07) is 9.09. The van der Waals surface area contributed by atoms with Crippen molar-refractivity contribution in [3.8, 4) is 17.2 Å². The molecule has 2 atom stereocenters. The first-order chi connectivity index (χ1) is 14.2. The first-order valence-electron chi connectivity index (χ1n) is 9.82. The summed E-state index contributed by atoms with van der Waals surface area (Å²) < 4.78 is 5.57. The van der Waals surface area contributed by atoms with Crippen molar-refractivity contribution < 1.29 is 14.6 Å². The Hall–Kier alpha value is -3.31. The molecule has 158 valence electrons. The summed E-state index contributed by atoms with van der Waals surface area (Å²) in [6.07, 6.45) is 2.85. The van der Waals surface area contributed by atoms with Crippen molar-refractivity contribution in [2.45, 2.75) is 44.9 Å². The molecule has 2 heterocycles. The maximum Gasteiger partial charge on any atom is 0.407 e. The summed E-state index contributed by atoms with van der Waals surface area (Å²) >= 11 is 0. The zero-order valence-corrected chi connectivity index (χ0v) is 17.4. The first-order valence-corrected chi connectivity index (χ1v) is 9.82. The van der Waals surface area contributed by atoms with Gasteiger partial charge in [-0.2, -0.15) is 5.26 Å². The van der Waals surface area contributed by atoms with Gasteiger partial charge in [0.2, 0.25) is 0 Å². The van der Waals surface area contributed by atoms with Crippen LogP contribution in [0, 0.1) is 11.3 Å². The molecule has 0 radical (unpaired) electrons. The van der Waals surface area contributed by atoms with Crippen molar-refractivity contribution >= 4 is 17.5 Å². The second-order valence-corrected chi connectivity index (χ2v) is 8.43. The van der Waals surface area contributed by atoms with Crippen LogP contribution in [0.15, 0.2) is 36.7 Å². The highest BCUT2D eigenvalue weighted by Gasteiger charge is 2.35. The van der Waals surface area contributed by atoms with Crippen molar-refractivity contribution in [1.82, 2.24) is 10.3 Å². The Labute approximate surface area is 176 Å². The molecule has 0 saturated carbocycles. The van der Waals surface area contributed by atoms with Crippen molar-refractivity contribution in [3.63, 3.8) is 0 Å². The van der Waals surface area contributed by atoms with Crippen LogP contribution >= 0.6 is 0 Å². The fraction of sp³-hybridized carbons (Fsp3) is 0.409. The summed E-state index contributed by atoms with van der Waals surface area (Å²) in [4.78, 5) is 18.2. The molecular formula is C22H27N5O3. The number of ether oxygens (including phenoxy) is 1. The molecule has 4 N–H and O–H groups in total. The molecule has 1 aromatic carbocycles. The molecule has 1 fully saturated rings. The van der Waals surface area contributed by atoms with Crippen LogP contribution in [-0.4, -0.2) is 47.0 Å². The van der Waals surface area contributed by atoms with Crippen LogP contribution < -0.4 is 16.0 Å². The molecule has 1 aliphatic rings. The standard InChI is InChI=1S/C22H27N5O3/c1-22(2,3)26-21(29)30-17-9-16(13-28)27(12-17)20-8-14(4-5-19(20)24)18-11-25-7-6-15(18)10-23/h4-8,11,16-17,28H,9,12-13,24H2,1-3H3,(H,26,29)/t16-,17-/m0/s1. The molecule has 3 rings (SSSR count). The third kappa shape index (κ3) is 4.81. The fourth-order valence-corrected chi connectivity index (χ4v) is 3.60. The second-order valence-electron chi connectivity index (χ2n) is 8.43. The van der Waals surface area contributed by atoms with Gasteiger partial charge in [0.05, 0.1) is 42.2 Å². The minimum absolute atomic E-state index is 0.0965. The maximum atomic E-state index is 12.2. The average molecular weight is 409 g/mol. The van der Waals surface area contributed by atoms with Gasteiger partial charge in [0.15, 0.2) is 0 Å². The van der Waals surface area contributed by atoms with Crippen molar-refractivity contribution in [3.05, 3.63) is 42.2 Å². The first kappa shape index (κ1) is 21.4. The average Bonchev–Trinajstić information content (AvgIpc) is 3.09. The smallest absolute Gasteiger partial charge is 0.407 e. The largest absolute Gasteiger partial charge is 0.444 e. The van der Waals surface area contributed by atoms with E-state index in [2.05, 4.69) is 16.4 Å². The Morgan fingerprint density at radius 2 is 2.20 bits per heavy atom. The number of amides is 1. The monoisotopic (exact) mass is 409 g/mol. The third-order valence-electron chi connectivity index (χ3n) is 4.93. The van der Waals surface area contributed by atoms with E-state index in [1.54, 1.807) is 24.5 Å². The molecule has 0 unspecified atom stereocenters. The molecule has 30 heavy (non-hydrogen) atoms. The summed E-state index contributed by atoms with van der Waals surface area (Å²) in [5.41, 5.74) is 9.13. The molecule has 8 nitrogen and oxygen atoms in total. The third-order valence-corrected chi connectivity index (χ3v) is 4.93. The minimum Gasteiger partial charge on any atom is -0.444 e. The van der Waals surface area contributed by atoms with E-state index in [1.807, 2.05) is 37.8 Å². The number of benzene rings is 1.